The van der Waals surface area contributed by atoms with Gasteiger partial charge in [-0.05, 0) is 141 Å². The molecular formula is C92H150NO8+. The molecule has 0 aliphatic carbocycles. The van der Waals surface area contributed by atoms with E-state index in [2.05, 4.69) is 208 Å². The van der Waals surface area contributed by atoms with Gasteiger partial charge in [0.1, 0.15) is 13.2 Å². The van der Waals surface area contributed by atoms with Crippen molar-refractivity contribution in [3.05, 3.63) is 194 Å². The van der Waals surface area contributed by atoms with Crippen LogP contribution in [0.1, 0.15) is 309 Å². The molecule has 2 unspecified atom stereocenters. The number of carboxylic acids is 1. The number of aliphatic carboxylic acids is 1. The molecule has 0 fully saturated rings. The van der Waals surface area contributed by atoms with E-state index in [1.54, 1.807) is 0 Å². The molecule has 1 N–H and O–H groups in total. The Morgan fingerprint density at radius 1 is 0.297 bits per heavy atom. The second kappa shape index (κ2) is 79.8. The number of hydrogen-bond acceptors (Lipinski definition) is 7. The van der Waals surface area contributed by atoms with Crippen LogP contribution in [0.5, 0.6) is 0 Å². The minimum absolute atomic E-state index is 0.175. The molecule has 0 amide bonds. The number of esters is 2. The Morgan fingerprint density at radius 2 is 0.535 bits per heavy atom. The van der Waals surface area contributed by atoms with E-state index in [0.717, 1.165) is 154 Å². The molecule has 0 aliphatic heterocycles. The number of allylic oxidation sites excluding steroid dienone is 32. The Kier molecular flexibility index (Phi) is 75.2. The average molecular weight is 1400 g/mol. The van der Waals surface area contributed by atoms with Gasteiger partial charge in [0.15, 0.2) is 6.10 Å². The summed E-state index contributed by atoms with van der Waals surface area (Å²) in [6.45, 7) is 4.63. The predicted octanol–water partition coefficient (Wildman–Crippen LogP) is 26.5. The normalized spacial score (nSPS) is 13.7. The second-order valence-electron chi connectivity index (χ2n) is 27.6. The molecule has 0 rings (SSSR count). The van der Waals surface area contributed by atoms with E-state index in [1.165, 1.54) is 122 Å². The van der Waals surface area contributed by atoms with E-state index in [-0.39, 0.29) is 32.2 Å². The van der Waals surface area contributed by atoms with Crippen molar-refractivity contribution in [2.75, 3.05) is 47.5 Å². The van der Waals surface area contributed by atoms with Gasteiger partial charge in [0.05, 0.1) is 34.4 Å². The van der Waals surface area contributed by atoms with Crippen LogP contribution < -0.4 is 0 Å². The highest BCUT2D eigenvalue weighted by molar-refractivity contribution is 5.71. The number of carbonyl (C=O) groups excluding carboxylic acids is 2. The molecule has 0 aromatic heterocycles. The first-order valence-corrected chi connectivity index (χ1v) is 40.6. The van der Waals surface area contributed by atoms with Gasteiger partial charge in [0, 0.05) is 12.8 Å². The third-order valence-electron chi connectivity index (χ3n) is 16.8. The summed E-state index contributed by atoms with van der Waals surface area (Å²) in [7, 11) is 5.97. The molecule has 570 valence electrons. The molecule has 0 aromatic carbocycles. The van der Waals surface area contributed by atoms with Crippen LogP contribution in [0.3, 0.4) is 0 Å². The number of carbonyl (C=O) groups is 3. The van der Waals surface area contributed by atoms with Crippen LogP contribution >= 0.6 is 0 Å². The largest absolute Gasteiger partial charge is 0.477 e. The minimum atomic E-state index is -1.53. The van der Waals surface area contributed by atoms with E-state index >= 15 is 0 Å². The third-order valence-corrected chi connectivity index (χ3v) is 16.8. The average Bonchev–Trinajstić information content (AvgIpc) is 1.21. The maximum Gasteiger partial charge on any atom is 0.361 e. The second-order valence-corrected chi connectivity index (χ2v) is 27.6. The van der Waals surface area contributed by atoms with Gasteiger partial charge < -0.3 is 28.5 Å². The fourth-order valence-corrected chi connectivity index (χ4v) is 10.8. The Morgan fingerprint density at radius 3 is 0.792 bits per heavy atom. The molecule has 101 heavy (non-hydrogen) atoms. The topological polar surface area (TPSA) is 108 Å². The number of nitrogens with zero attached hydrogens (tertiary/aromatic N) is 1. The summed E-state index contributed by atoms with van der Waals surface area (Å²) in [5.41, 5.74) is 0. The van der Waals surface area contributed by atoms with Crippen molar-refractivity contribution in [2.45, 2.75) is 322 Å². The van der Waals surface area contributed by atoms with Crippen molar-refractivity contribution in [1.82, 2.24) is 0 Å². The Hall–Kier alpha value is -5.87. The first-order chi connectivity index (χ1) is 49.6. The van der Waals surface area contributed by atoms with Crippen molar-refractivity contribution in [2.24, 2.45) is 0 Å². The van der Waals surface area contributed by atoms with Gasteiger partial charge in [-0.25, -0.2) is 4.79 Å². The molecule has 9 heteroatoms. The van der Waals surface area contributed by atoms with Crippen molar-refractivity contribution >= 4 is 17.9 Å². The van der Waals surface area contributed by atoms with Crippen LogP contribution in [0.25, 0.3) is 0 Å². The standard InChI is InChI=1S/C92H149NO8/c1-6-8-10-12-14-16-18-20-22-24-26-28-30-32-34-36-38-40-42-44-45-47-49-51-53-55-57-59-61-63-65-67-69-71-73-75-77-79-81-83-90(95)101-88(87-100-92(91(96)97)98-85-84-93(3,4)5)86-99-89(94)82-80-78-76-74-72-70-68-66-64-62-60-58-56-54-52-50-48-46-43-41-39-37-35-33-31-29-27-25-23-21-19-17-15-13-11-9-7-2/h8-11,14-17,20-23,26-29,32-35,38,40,44-45,49,51,55,57,61,63,67,69,88,92H,6-7,12-13,18-19,24-25,30-31,36-37,39,41-43,46-48,50,52-54,56,58-60,62,64-66,68,70-87H2,1-5H3/p+1/b10-8-,11-9-,16-14-,17-15-,22-20-,23-21-,28-26-,29-27-,34-32-,35-33-,40-38-,45-44-,51-49-,57-55-,63-61-,69-67-. The van der Waals surface area contributed by atoms with Crippen LogP contribution in [-0.4, -0.2) is 87.4 Å². The fourth-order valence-electron chi connectivity index (χ4n) is 10.8. The first kappa shape index (κ1) is 95.1. The van der Waals surface area contributed by atoms with Gasteiger partial charge in [-0.3, -0.25) is 9.59 Å². The molecule has 0 bridgehead atoms. The predicted molar refractivity (Wildman–Crippen MR) is 437 cm³/mol. The van der Waals surface area contributed by atoms with Gasteiger partial charge in [0.2, 0.25) is 0 Å². The summed E-state index contributed by atoms with van der Waals surface area (Å²) in [4.78, 5) is 37.8. The van der Waals surface area contributed by atoms with E-state index in [4.69, 9.17) is 18.9 Å². The van der Waals surface area contributed by atoms with E-state index in [1.807, 2.05) is 21.1 Å². The van der Waals surface area contributed by atoms with E-state index < -0.39 is 24.3 Å². The lowest BCUT2D eigenvalue weighted by molar-refractivity contribution is -0.870. The molecular weight excluding hydrogens is 1250 g/mol. The number of hydrogen-bond donors (Lipinski definition) is 1. The van der Waals surface area contributed by atoms with Gasteiger partial charge in [-0.15, -0.1) is 0 Å². The highest BCUT2D eigenvalue weighted by atomic mass is 16.7. The zero-order valence-corrected chi connectivity index (χ0v) is 65.2. The SMILES string of the molecule is CC/C=C\C/C=C\C/C=C\C/C=C\C/C=C\C/C=C\C/C=C\C/C=C\C/C=C\C/C=C\C/C=C\CCCCCCCC(=O)OC(COC(=O)CCCCCCCCCCCCCCCCCCCCCCC/C=C\C/C=C\C/C=C\C/C=C\C/C=C\CC)COC(OCC[N+](C)(C)C)C(=O)O. The number of unbranched alkanes of at least 4 members (excludes halogenated alkanes) is 26. The monoisotopic (exact) mass is 1400 g/mol. The quantitative estimate of drug-likeness (QED) is 0.0211. The maximum absolute atomic E-state index is 13.0. The number of carboxylic acid groups (broad SMARTS) is 1. The lowest BCUT2D eigenvalue weighted by Gasteiger charge is -2.25. The smallest absolute Gasteiger partial charge is 0.361 e. The van der Waals surface area contributed by atoms with Crippen LogP contribution in [0.4, 0.5) is 0 Å². The van der Waals surface area contributed by atoms with Gasteiger partial charge in [0.25, 0.3) is 6.29 Å². The zero-order chi connectivity index (χ0) is 73.2. The van der Waals surface area contributed by atoms with Gasteiger partial charge >= 0.3 is 17.9 Å². The molecule has 9 nitrogen and oxygen atoms in total. The van der Waals surface area contributed by atoms with E-state index in [0.29, 0.717) is 23.9 Å². The fraction of sp³-hybridized carbons (Fsp3) is 0.620. The molecule has 0 radical (unpaired) electrons. The van der Waals surface area contributed by atoms with Crippen molar-refractivity contribution in [1.29, 1.82) is 0 Å². The molecule has 0 aliphatic rings. The molecule has 2 atom stereocenters. The summed E-state index contributed by atoms with van der Waals surface area (Å²) < 4.78 is 23.0. The molecule has 0 saturated heterocycles. The number of ether oxygens (including phenoxy) is 4. The summed E-state index contributed by atoms with van der Waals surface area (Å²) >= 11 is 0. The Balaban J connectivity index is 4.12. The van der Waals surface area contributed by atoms with Crippen molar-refractivity contribution in [3.8, 4) is 0 Å². The molecule has 0 aromatic rings. The summed E-state index contributed by atoms with van der Waals surface area (Å²) in [6, 6.07) is 0. The van der Waals surface area contributed by atoms with Gasteiger partial charge in [-0.2, -0.15) is 0 Å². The molecule has 0 spiro atoms. The first-order valence-electron chi connectivity index (χ1n) is 40.6. The number of rotatable bonds is 73. The highest BCUT2D eigenvalue weighted by Crippen LogP contribution is 2.17. The maximum atomic E-state index is 13.0. The van der Waals surface area contributed by atoms with Crippen LogP contribution in [0.15, 0.2) is 194 Å². The van der Waals surface area contributed by atoms with Crippen LogP contribution in [0, 0.1) is 0 Å². The molecule has 0 heterocycles. The Labute approximate surface area is 621 Å². The van der Waals surface area contributed by atoms with Crippen molar-refractivity contribution < 1.29 is 42.9 Å². The van der Waals surface area contributed by atoms with Crippen LogP contribution in [-0.2, 0) is 33.3 Å². The van der Waals surface area contributed by atoms with E-state index in [9.17, 15) is 19.5 Å². The summed E-state index contributed by atoms with van der Waals surface area (Å²) in [5.74, 6) is -2.04. The summed E-state index contributed by atoms with van der Waals surface area (Å²) in [5, 5.41) is 9.78. The van der Waals surface area contributed by atoms with Gasteiger partial charge in [-0.1, -0.05) is 350 Å². The van der Waals surface area contributed by atoms with Crippen LogP contribution in [0.2, 0.25) is 0 Å². The highest BCUT2D eigenvalue weighted by Gasteiger charge is 2.25. The molecule has 0 saturated carbocycles. The zero-order valence-electron chi connectivity index (χ0n) is 65.2. The summed E-state index contributed by atoms with van der Waals surface area (Å²) in [6.07, 6.45) is 120. The number of likely N-dealkylation sites (N-methyl/N-ethyl adjacent to an activating group) is 1. The Bertz CT molecular complexity index is 2380. The number of quaternary nitrogens is 1. The minimum Gasteiger partial charge on any atom is -0.477 e. The van der Waals surface area contributed by atoms with Crippen molar-refractivity contribution in [3.63, 3.8) is 0 Å². The lowest BCUT2D eigenvalue weighted by atomic mass is 10.0. The third kappa shape index (κ3) is 81.3. The lowest BCUT2D eigenvalue weighted by Crippen LogP contribution is -2.40.